The quantitative estimate of drug-likeness (QED) is 0.443. The molecule has 0 amide bonds. The second kappa shape index (κ2) is 5.65. The molecule has 0 N–H and O–H groups in total. The Morgan fingerprint density at radius 1 is 0.600 bits per heavy atom. The topological polar surface area (TPSA) is 0 Å². The van der Waals surface area contributed by atoms with Gasteiger partial charge in [-0.05, 0) is 0 Å². The van der Waals surface area contributed by atoms with E-state index in [1.165, 1.54) is 20.2 Å². The monoisotopic (exact) mass is 426 g/mol. The van der Waals surface area contributed by atoms with Crippen LogP contribution in [0.15, 0.2) is 60.7 Å². The second-order valence-electron chi connectivity index (χ2n) is 4.37. The molecule has 0 radical (unpaired) electrons. The summed E-state index contributed by atoms with van der Waals surface area (Å²) in [6.07, 6.45) is 0. The number of rotatable bonds is 3. The second-order valence-corrected chi connectivity index (χ2v) is 13.9. The third-order valence-corrected chi connectivity index (χ3v) is 15.4. The van der Waals surface area contributed by atoms with Crippen molar-refractivity contribution in [2.75, 3.05) is 0 Å². The summed E-state index contributed by atoms with van der Waals surface area (Å²) in [5.41, 5.74) is 0. The van der Waals surface area contributed by atoms with Crippen molar-refractivity contribution < 1.29 is 0 Å². The summed E-state index contributed by atoms with van der Waals surface area (Å²) >= 11 is 5.16. The van der Waals surface area contributed by atoms with Crippen molar-refractivity contribution in [2.24, 2.45) is 0 Å². The number of hydrogen-bond donors (Lipinski definition) is 0. The molecule has 2 heterocycles. The minimum absolute atomic E-state index is 0.609. The van der Waals surface area contributed by atoms with Gasteiger partial charge in [0.15, 0.2) is 0 Å². The fourth-order valence-electron chi connectivity index (χ4n) is 2.08. The molecule has 0 saturated carbocycles. The van der Waals surface area contributed by atoms with Gasteiger partial charge in [-0.1, -0.05) is 0 Å². The number of hydrogen-bond acceptors (Lipinski definition) is 2. The van der Waals surface area contributed by atoms with Gasteiger partial charge in [0.05, 0.1) is 0 Å². The normalized spacial score (nSPS) is 11.4. The van der Waals surface area contributed by atoms with Crippen molar-refractivity contribution in [1.82, 2.24) is 0 Å². The first-order chi connectivity index (χ1) is 9.88. The summed E-state index contributed by atoms with van der Waals surface area (Å²) in [4.78, 5) is 0. The minimum atomic E-state index is 0.609. The summed E-state index contributed by atoms with van der Waals surface area (Å²) in [5.74, 6) is 0. The SMILES string of the molecule is c1ccc2sc([Se][Se]c3cc4ccccc4s3)cc2c1. The Labute approximate surface area is 136 Å². The Bertz CT molecular complexity index is 736. The van der Waals surface area contributed by atoms with E-state index in [0.717, 1.165) is 0 Å². The molecule has 0 bridgehead atoms. The van der Waals surface area contributed by atoms with Gasteiger partial charge in [0, 0.05) is 0 Å². The average molecular weight is 424 g/mol. The van der Waals surface area contributed by atoms with Crippen LogP contribution in [0.1, 0.15) is 0 Å². The molecule has 4 aromatic rings. The Morgan fingerprint density at radius 2 is 1.05 bits per heavy atom. The Morgan fingerprint density at radius 3 is 1.50 bits per heavy atom. The van der Waals surface area contributed by atoms with Crippen molar-refractivity contribution in [3.63, 3.8) is 0 Å². The molecular formula is C16H10S2Se2. The van der Waals surface area contributed by atoms with Crippen molar-refractivity contribution >= 4 is 76.7 Å². The van der Waals surface area contributed by atoms with E-state index >= 15 is 0 Å². The summed E-state index contributed by atoms with van der Waals surface area (Å²) in [7, 11) is 0. The maximum atomic E-state index is 2.38. The van der Waals surface area contributed by atoms with Crippen LogP contribution < -0.4 is 7.55 Å². The molecule has 4 heteroatoms. The summed E-state index contributed by atoms with van der Waals surface area (Å²) in [6, 6.07) is 22.2. The van der Waals surface area contributed by atoms with Crippen LogP contribution in [0.25, 0.3) is 20.2 Å². The zero-order valence-corrected chi connectivity index (χ0v) is 15.5. The van der Waals surface area contributed by atoms with E-state index < -0.39 is 0 Å². The van der Waals surface area contributed by atoms with Gasteiger partial charge in [-0.25, -0.2) is 0 Å². The van der Waals surface area contributed by atoms with Crippen molar-refractivity contribution in [2.45, 2.75) is 0 Å². The molecule has 0 aliphatic rings. The molecule has 2 aromatic carbocycles. The third-order valence-electron chi connectivity index (χ3n) is 3.01. The molecule has 20 heavy (non-hydrogen) atoms. The summed E-state index contributed by atoms with van der Waals surface area (Å²) in [6.45, 7) is 0. The number of thiophene rings is 2. The predicted molar refractivity (Wildman–Crippen MR) is 94.4 cm³/mol. The van der Waals surface area contributed by atoms with Gasteiger partial charge in [-0.2, -0.15) is 0 Å². The van der Waals surface area contributed by atoms with E-state index in [2.05, 4.69) is 60.7 Å². The Kier molecular flexibility index (Phi) is 3.70. The van der Waals surface area contributed by atoms with Crippen molar-refractivity contribution in [3.05, 3.63) is 60.7 Å². The van der Waals surface area contributed by atoms with E-state index in [1.807, 2.05) is 22.7 Å². The van der Waals surface area contributed by atoms with Gasteiger partial charge in [-0.15, -0.1) is 0 Å². The Hall–Kier alpha value is -0.601. The van der Waals surface area contributed by atoms with Crippen molar-refractivity contribution in [1.29, 1.82) is 0 Å². The molecule has 4 rings (SSSR count). The molecule has 0 spiro atoms. The van der Waals surface area contributed by atoms with E-state index in [9.17, 15) is 0 Å². The predicted octanol–water partition coefficient (Wildman–Crippen LogP) is 3.39. The van der Waals surface area contributed by atoms with E-state index in [-0.39, 0.29) is 0 Å². The average Bonchev–Trinajstić information content (AvgIpc) is 3.07. The first-order valence-electron chi connectivity index (χ1n) is 6.20. The van der Waals surface area contributed by atoms with Crippen LogP contribution in [-0.2, 0) is 0 Å². The molecule has 0 atom stereocenters. The maximum absolute atomic E-state index is 2.38. The molecule has 2 aromatic heterocycles. The number of fused-ring (bicyclic) bond motifs is 2. The number of benzene rings is 2. The fourth-order valence-corrected chi connectivity index (χ4v) is 13.3. The van der Waals surface area contributed by atoms with E-state index in [1.54, 1.807) is 7.55 Å². The molecule has 0 fully saturated rings. The molecule has 98 valence electrons. The zero-order valence-electron chi connectivity index (χ0n) is 10.4. The molecule has 0 nitrogen and oxygen atoms in total. The van der Waals surface area contributed by atoms with Crippen LogP contribution >= 0.6 is 22.7 Å². The van der Waals surface area contributed by atoms with Crippen LogP contribution in [0.5, 0.6) is 0 Å². The summed E-state index contributed by atoms with van der Waals surface area (Å²) < 4.78 is 6.01. The van der Waals surface area contributed by atoms with Gasteiger partial charge < -0.3 is 0 Å². The van der Waals surface area contributed by atoms with Gasteiger partial charge in [0.1, 0.15) is 0 Å². The van der Waals surface area contributed by atoms with E-state index in [4.69, 9.17) is 0 Å². The molecule has 0 unspecified atom stereocenters. The van der Waals surface area contributed by atoms with Crippen LogP contribution in [0.2, 0.25) is 0 Å². The van der Waals surface area contributed by atoms with Crippen LogP contribution in [-0.4, -0.2) is 26.3 Å². The van der Waals surface area contributed by atoms with Gasteiger partial charge in [-0.3, -0.25) is 0 Å². The fraction of sp³-hybridized carbons (Fsp3) is 0. The zero-order chi connectivity index (χ0) is 13.4. The molecular weight excluding hydrogens is 414 g/mol. The van der Waals surface area contributed by atoms with Gasteiger partial charge in [0.25, 0.3) is 0 Å². The van der Waals surface area contributed by atoms with E-state index in [0.29, 0.717) is 26.3 Å². The summed E-state index contributed by atoms with van der Waals surface area (Å²) in [5, 5.41) is 2.81. The molecule has 0 aliphatic carbocycles. The van der Waals surface area contributed by atoms with Crippen molar-refractivity contribution in [3.8, 4) is 0 Å². The van der Waals surface area contributed by atoms with Crippen LogP contribution in [0.3, 0.4) is 0 Å². The standard InChI is InChI=1S/C16H10S2Se2/c1-3-7-13-11(5-1)9-15(17-13)19-20-16-10-12-6-2-4-8-14(12)18-16/h1-10H. The van der Waals surface area contributed by atoms with Crippen LogP contribution in [0, 0.1) is 0 Å². The first-order valence-corrected chi connectivity index (χ1v) is 13.9. The Balaban J connectivity index is 1.57. The molecule has 0 saturated heterocycles. The third kappa shape index (κ3) is 2.60. The first kappa shape index (κ1) is 13.1. The molecule has 0 aliphatic heterocycles. The van der Waals surface area contributed by atoms with Gasteiger partial charge in [0.2, 0.25) is 0 Å². The van der Waals surface area contributed by atoms with Gasteiger partial charge >= 0.3 is 137 Å². The van der Waals surface area contributed by atoms with Crippen LogP contribution in [0.4, 0.5) is 0 Å².